The van der Waals surface area contributed by atoms with Crippen LogP contribution in [-0.4, -0.2) is 22.8 Å². The zero-order chi connectivity index (χ0) is 15.7. The van der Waals surface area contributed by atoms with E-state index >= 15 is 0 Å². The van der Waals surface area contributed by atoms with Crippen LogP contribution in [0.25, 0.3) is 0 Å². The molecule has 0 aromatic rings. The SMILES string of the molecule is C[C@]12CCC(=O)C[C@@H]1CC[C@@H]1[C@@H]2[C@@H](O)C[C@]2(C)C(=O)C=C[C@@H]12. The number of ketones is 2. The number of aliphatic hydroxyl groups excluding tert-OH is 1. The number of Topliss-reactive ketones (excluding diaryl/α,β-unsaturated/α-hetero) is 1. The molecule has 0 bridgehead atoms. The van der Waals surface area contributed by atoms with Crippen LogP contribution in [0.15, 0.2) is 12.2 Å². The minimum atomic E-state index is -0.406. The average Bonchev–Trinajstić information content (AvgIpc) is 2.75. The van der Waals surface area contributed by atoms with Gasteiger partial charge < -0.3 is 5.11 Å². The van der Waals surface area contributed by atoms with Gasteiger partial charge in [0.1, 0.15) is 5.78 Å². The highest BCUT2D eigenvalue weighted by Crippen LogP contribution is 2.64. The minimum absolute atomic E-state index is 0.0665. The van der Waals surface area contributed by atoms with E-state index in [2.05, 4.69) is 13.0 Å². The molecule has 0 aliphatic heterocycles. The Bertz CT molecular complexity index is 565. The van der Waals surface area contributed by atoms with Crippen molar-refractivity contribution < 1.29 is 14.7 Å². The second-order valence-corrected chi connectivity index (χ2v) is 8.65. The molecule has 0 saturated heterocycles. The lowest BCUT2D eigenvalue weighted by molar-refractivity contribution is -0.167. The van der Waals surface area contributed by atoms with Gasteiger partial charge in [0.25, 0.3) is 0 Å². The average molecular weight is 302 g/mol. The molecule has 22 heavy (non-hydrogen) atoms. The molecule has 0 aromatic carbocycles. The van der Waals surface area contributed by atoms with E-state index in [1.54, 1.807) is 6.08 Å². The summed E-state index contributed by atoms with van der Waals surface area (Å²) in [6.07, 6.45) is 8.44. The monoisotopic (exact) mass is 302 g/mol. The number of fused-ring (bicyclic) bond motifs is 5. The second-order valence-electron chi connectivity index (χ2n) is 8.65. The van der Waals surface area contributed by atoms with Gasteiger partial charge in [-0.3, -0.25) is 9.59 Å². The van der Waals surface area contributed by atoms with Gasteiger partial charge in [-0.05, 0) is 60.8 Å². The van der Waals surface area contributed by atoms with Crippen LogP contribution < -0.4 is 0 Å². The van der Waals surface area contributed by atoms with Crippen molar-refractivity contribution in [3.05, 3.63) is 12.2 Å². The van der Waals surface area contributed by atoms with Crippen LogP contribution in [0.4, 0.5) is 0 Å². The van der Waals surface area contributed by atoms with Gasteiger partial charge in [0.2, 0.25) is 0 Å². The molecule has 0 spiro atoms. The van der Waals surface area contributed by atoms with Gasteiger partial charge in [-0.1, -0.05) is 19.9 Å². The predicted molar refractivity (Wildman–Crippen MR) is 83.0 cm³/mol. The first kappa shape index (κ1) is 14.6. The molecular formula is C19H26O3. The molecule has 0 heterocycles. The van der Waals surface area contributed by atoms with Gasteiger partial charge in [-0.15, -0.1) is 0 Å². The van der Waals surface area contributed by atoms with Crippen LogP contribution in [-0.2, 0) is 9.59 Å². The number of hydrogen-bond acceptors (Lipinski definition) is 3. The molecule has 0 unspecified atom stereocenters. The Morgan fingerprint density at radius 3 is 2.77 bits per heavy atom. The lowest BCUT2D eigenvalue weighted by atomic mass is 9.44. The van der Waals surface area contributed by atoms with Gasteiger partial charge in [-0.25, -0.2) is 0 Å². The minimum Gasteiger partial charge on any atom is -0.393 e. The fraction of sp³-hybridized carbons (Fsp3) is 0.789. The molecule has 4 aliphatic rings. The van der Waals surface area contributed by atoms with Crippen LogP contribution >= 0.6 is 0 Å². The summed E-state index contributed by atoms with van der Waals surface area (Å²) in [5, 5.41) is 10.9. The normalized spacial score (nSPS) is 53.9. The molecule has 3 nitrogen and oxygen atoms in total. The smallest absolute Gasteiger partial charge is 0.161 e. The third-order valence-electron chi connectivity index (χ3n) is 7.68. The molecule has 4 aliphatic carbocycles. The summed E-state index contributed by atoms with van der Waals surface area (Å²) in [7, 11) is 0. The Kier molecular flexibility index (Phi) is 3.01. The van der Waals surface area contributed by atoms with Crippen molar-refractivity contribution in [1.29, 1.82) is 0 Å². The molecule has 3 fully saturated rings. The van der Waals surface area contributed by atoms with E-state index < -0.39 is 11.5 Å². The van der Waals surface area contributed by atoms with E-state index in [-0.39, 0.29) is 23.0 Å². The summed E-state index contributed by atoms with van der Waals surface area (Å²) in [6, 6.07) is 0. The maximum Gasteiger partial charge on any atom is 0.161 e. The Morgan fingerprint density at radius 1 is 1.23 bits per heavy atom. The topological polar surface area (TPSA) is 54.4 Å². The number of rotatable bonds is 0. The molecule has 0 radical (unpaired) electrons. The highest BCUT2D eigenvalue weighted by molar-refractivity contribution is 5.97. The number of hydrogen-bond donors (Lipinski definition) is 1. The van der Waals surface area contributed by atoms with E-state index in [1.165, 1.54) is 0 Å². The number of aliphatic hydroxyl groups is 1. The molecular weight excluding hydrogens is 276 g/mol. The van der Waals surface area contributed by atoms with Crippen LogP contribution in [0.5, 0.6) is 0 Å². The van der Waals surface area contributed by atoms with Crippen molar-refractivity contribution in [2.45, 2.75) is 58.5 Å². The van der Waals surface area contributed by atoms with E-state index in [9.17, 15) is 14.7 Å². The molecule has 1 N–H and O–H groups in total. The van der Waals surface area contributed by atoms with Crippen LogP contribution in [0.3, 0.4) is 0 Å². The quantitative estimate of drug-likeness (QED) is 0.748. The van der Waals surface area contributed by atoms with Crippen LogP contribution in [0.1, 0.15) is 52.4 Å². The maximum atomic E-state index is 12.3. The van der Waals surface area contributed by atoms with Crippen molar-refractivity contribution >= 4 is 11.6 Å². The molecule has 3 heteroatoms. The number of carbonyl (C=O) groups excluding carboxylic acids is 2. The third kappa shape index (κ3) is 1.72. The summed E-state index contributed by atoms with van der Waals surface area (Å²) in [5.74, 6) is 1.94. The Hall–Kier alpha value is -0.960. The molecule has 4 rings (SSSR count). The summed E-state index contributed by atoms with van der Waals surface area (Å²) < 4.78 is 0. The maximum absolute atomic E-state index is 12.3. The highest BCUT2D eigenvalue weighted by Gasteiger charge is 2.62. The van der Waals surface area contributed by atoms with Crippen molar-refractivity contribution in [1.82, 2.24) is 0 Å². The van der Waals surface area contributed by atoms with Crippen molar-refractivity contribution in [3.8, 4) is 0 Å². The van der Waals surface area contributed by atoms with E-state index in [0.717, 1.165) is 19.3 Å². The highest BCUT2D eigenvalue weighted by atomic mass is 16.3. The van der Waals surface area contributed by atoms with Crippen LogP contribution in [0, 0.1) is 34.5 Å². The Labute approximate surface area is 132 Å². The summed E-state index contributed by atoms with van der Waals surface area (Å²) in [6.45, 7) is 4.34. The summed E-state index contributed by atoms with van der Waals surface area (Å²) >= 11 is 0. The first-order chi connectivity index (χ1) is 10.4. The third-order valence-corrected chi connectivity index (χ3v) is 7.68. The van der Waals surface area contributed by atoms with Gasteiger partial charge in [-0.2, -0.15) is 0 Å². The predicted octanol–water partition coefficient (Wildman–Crippen LogP) is 2.91. The number of allylic oxidation sites excluding steroid dienone is 2. The fourth-order valence-electron chi connectivity index (χ4n) is 6.45. The lowest BCUT2D eigenvalue weighted by Crippen LogP contribution is -2.59. The zero-order valence-corrected chi connectivity index (χ0v) is 13.5. The van der Waals surface area contributed by atoms with Crippen molar-refractivity contribution in [2.24, 2.45) is 34.5 Å². The lowest BCUT2D eigenvalue weighted by Gasteiger charge is -2.60. The molecule has 7 atom stereocenters. The Balaban J connectivity index is 1.72. The first-order valence-electron chi connectivity index (χ1n) is 8.79. The van der Waals surface area contributed by atoms with Gasteiger partial charge >= 0.3 is 0 Å². The zero-order valence-electron chi connectivity index (χ0n) is 13.5. The largest absolute Gasteiger partial charge is 0.393 e. The van der Waals surface area contributed by atoms with E-state index in [1.807, 2.05) is 6.92 Å². The van der Waals surface area contributed by atoms with E-state index in [4.69, 9.17) is 0 Å². The van der Waals surface area contributed by atoms with Gasteiger partial charge in [0, 0.05) is 18.3 Å². The molecule has 3 saturated carbocycles. The molecule has 0 amide bonds. The molecule has 120 valence electrons. The van der Waals surface area contributed by atoms with E-state index in [0.29, 0.717) is 36.9 Å². The molecule has 0 aromatic heterocycles. The fourth-order valence-corrected chi connectivity index (χ4v) is 6.45. The van der Waals surface area contributed by atoms with Gasteiger partial charge in [0.15, 0.2) is 5.78 Å². The second kappa shape index (κ2) is 4.53. The van der Waals surface area contributed by atoms with Crippen molar-refractivity contribution in [3.63, 3.8) is 0 Å². The summed E-state index contributed by atoms with van der Waals surface area (Å²) in [5.41, 5.74) is -0.328. The summed E-state index contributed by atoms with van der Waals surface area (Å²) in [4.78, 5) is 24.2. The van der Waals surface area contributed by atoms with Crippen molar-refractivity contribution in [2.75, 3.05) is 0 Å². The van der Waals surface area contributed by atoms with Gasteiger partial charge in [0.05, 0.1) is 6.10 Å². The van der Waals surface area contributed by atoms with Crippen LogP contribution in [0.2, 0.25) is 0 Å². The number of carbonyl (C=O) groups is 2. The standard InChI is InChI=1S/C19H26O3/c1-18-8-7-12(20)9-11(18)3-4-13-14-5-6-16(22)19(14,2)10-15(21)17(13)18/h5-6,11,13-15,17,21H,3-4,7-10H2,1-2H3/t11-,13-,14-,15-,17+,18-,19-/m0/s1. The Morgan fingerprint density at radius 2 is 2.00 bits per heavy atom. The first-order valence-corrected chi connectivity index (χ1v) is 8.79.